The average molecular weight is 521 g/mol. The Labute approximate surface area is 192 Å². The first-order valence-electron chi connectivity index (χ1n) is 9.50. The third-order valence-corrected chi connectivity index (χ3v) is 5.96. The summed E-state index contributed by atoms with van der Waals surface area (Å²) in [5, 5.41) is 9.15. The predicted octanol–water partition coefficient (Wildman–Crippen LogP) is 4.63. The van der Waals surface area contributed by atoms with Gasteiger partial charge in [-0.2, -0.15) is 0 Å². The zero-order valence-corrected chi connectivity index (χ0v) is 19.9. The van der Waals surface area contributed by atoms with Crippen LogP contribution in [0.25, 0.3) is 10.8 Å². The van der Waals surface area contributed by atoms with Crippen LogP contribution in [-0.2, 0) is 16.6 Å². The molecular formula is C23H28IN3OS. The average Bonchev–Trinajstić information content (AvgIpc) is 2.73. The highest BCUT2D eigenvalue weighted by Crippen LogP contribution is 2.20. The highest BCUT2D eigenvalue weighted by molar-refractivity contribution is 14.0. The first-order chi connectivity index (χ1) is 13.7. The third-order valence-electron chi connectivity index (χ3n) is 4.64. The molecule has 0 saturated heterocycles. The smallest absolute Gasteiger partial charge is 0.191 e. The largest absolute Gasteiger partial charge is 0.355 e. The number of fused-ring (bicyclic) bond motifs is 1. The Balaban J connectivity index is 0.00000300. The van der Waals surface area contributed by atoms with Crippen molar-refractivity contribution in [3.63, 3.8) is 0 Å². The van der Waals surface area contributed by atoms with E-state index in [0.717, 1.165) is 11.5 Å². The van der Waals surface area contributed by atoms with Gasteiger partial charge in [-0.05, 0) is 34.9 Å². The molecule has 4 nitrogen and oxygen atoms in total. The fourth-order valence-electron chi connectivity index (χ4n) is 3.08. The van der Waals surface area contributed by atoms with Gasteiger partial charge in [0.15, 0.2) is 5.96 Å². The third kappa shape index (κ3) is 7.12. The van der Waals surface area contributed by atoms with Crippen LogP contribution in [0.4, 0.5) is 0 Å². The minimum absolute atomic E-state index is 0. The van der Waals surface area contributed by atoms with Crippen molar-refractivity contribution in [2.45, 2.75) is 18.7 Å². The summed E-state index contributed by atoms with van der Waals surface area (Å²) in [5.74, 6) is 1.89. The molecule has 2 atom stereocenters. The lowest BCUT2D eigenvalue weighted by Gasteiger charge is -2.18. The van der Waals surface area contributed by atoms with Gasteiger partial charge in [0.25, 0.3) is 0 Å². The SMILES string of the molecule is CN=C(NCCS(=O)Cc1ccccc1)NC(C)c1ccc2ccccc2c1.I. The molecule has 0 aliphatic carbocycles. The number of hydrogen-bond acceptors (Lipinski definition) is 2. The summed E-state index contributed by atoms with van der Waals surface area (Å²) in [4.78, 5) is 4.29. The summed E-state index contributed by atoms with van der Waals surface area (Å²) in [6.07, 6.45) is 0. The standard InChI is InChI=1S/C23H27N3OS.HI/c1-18(21-13-12-20-10-6-7-11-22(20)16-21)26-23(24-2)25-14-15-28(27)17-19-8-4-3-5-9-19;/h3-13,16,18H,14-15,17H2,1-2H3,(H2,24,25,26);1H. The second-order valence-electron chi connectivity index (χ2n) is 6.75. The van der Waals surface area contributed by atoms with E-state index in [0.29, 0.717) is 18.1 Å². The lowest BCUT2D eigenvalue weighted by atomic mass is 10.0. The number of benzene rings is 3. The quantitative estimate of drug-likeness (QED) is 0.271. The monoisotopic (exact) mass is 521 g/mol. The molecule has 3 rings (SSSR count). The number of nitrogens with zero attached hydrogens (tertiary/aromatic N) is 1. The van der Waals surface area contributed by atoms with E-state index in [-0.39, 0.29) is 30.0 Å². The number of nitrogens with one attached hydrogen (secondary N) is 2. The van der Waals surface area contributed by atoms with Crippen LogP contribution in [-0.4, -0.2) is 29.5 Å². The maximum atomic E-state index is 12.3. The van der Waals surface area contributed by atoms with Crippen LogP contribution < -0.4 is 10.6 Å². The molecule has 0 aliphatic heterocycles. The summed E-state index contributed by atoms with van der Waals surface area (Å²) in [6, 6.07) is 24.9. The van der Waals surface area contributed by atoms with Crippen LogP contribution in [0.1, 0.15) is 24.1 Å². The van der Waals surface area contributed by atoms with Gasteiger partial charge in [0, 0.05) is 35.9 Å². The molecule has 2 unspecified atom stereocenters. The van der Waals surface area contributed by atoms with E-state index in [9.17, 15) is 4.21 Å². The Kier molecular flexibility index (Phi) is 9.60. The number of rotatable bonds is 7. The second-order valence-corrected chi connectivity index (χ2v) is 8.32. The van der Waals surface area contributed by atoms with Crippen LogP contribution >= 0.6 is 24.0 Å². The van der Waals surface area contributed by atoms with E-state index in [1.807, 2.05) is 30.3 Å². The van der Waals surface area contributed by atoms with Crippen LogP contribution in [0, 0.1) is 0 Å². The second kappa shape index (κ2) is 11.9. The van der Waals surface area contributed by atoms with Crippen LogP contribution in [0.15, 0.2) is 77.8 Å². The topological polar surface area (TPSA) is 53.5 Å². The van der Waals surface area contributed by atoms with Gasteiger partial charge in [0.1, 0.15) is 0 Å². The molecule has 0 fully saturated rings. The molecule has 29 heavy (non-hydrogen) atoms. The molecule has 6 heteroatoms. The van der Waals surface area contributed by atoms with Crippen molar-refractivity contribution in [3.05, 3.63) is 83.9 Å². The van der Waals surface area contributed by atoms with Crippen molar-refractivity contribution in [1.29, 1.82) is 0 Å². The number of halogens is 1. The van der Waals surface area contributed by atoms with Gasteiger partial charge < -0.3 is 10.6 Å². The van der Waals surface area contributed by atoms with E-state index >= 15 is 0 Å². The highest BCUT2D eigenvalue weighted by Gasteiger charge is 2.09. The van der Waals surface area contributed by atoms with Gasteiger partial charge in [-0.1, -0.05) is 66.7 Å². The molecule has 0 aromatic heterocycles. The molecule has 3 aromatic rings. The molecule has 154 valence electrons. The van der Waals surface area contributed by atoms with Gasteiger partial charge in [0.05, 0.1) is 6.04 Å². The van der Waals surface area contributed by atoms with Crippen LogP contribution in [0.2, 0.25) is 0 Å². The van der Waals surface area contributed by atoms with Crippen molar-refractivity contribution >= 4 is 51.5 Å². The molecule has 0 amide bonds. The van der Waals surface area contributed by atoms with E-state index in [4.69, 9.17) is 0 Å². The Bertz CT molecular complexity index is 963. The number of guanidine groups is 1. The molecule has 0 bridgehead atoms. The maximum Gasteiger partial charge on any atom is 0.191 e. The fraction of sp³-hybridized carbons (Fsp3) is 0.261. The Morgan fingerprint density at radius 2 is 1.69 bits per heavy atom. The van der Waals surface area contributed by atoms with Gasteiger partial charge in [0.2, 0.25) is 0 Å². The summed E-state index contributed by atoms with van der Waals surface area (Å²) in [7, 11) is 0.854. The molecule has 3 aromatic carbocycles. The molecule has 0 radical (unpaired) electrons. The fourth-order valence-corrected chi connectivity index (χ4v) is 4.11. The van der Waals surface area contributed by atoms with Crippen LogP contribution in [0.3, 0.4) is 0 Å². The Morgan fingerprint density at radius 3 is 2.41 bits per heavy atom. The van der Waals surface area contributed by atoms with Crippen molar-refractivity contribution in [2.24, 2.45) is 4.99 Å². The first kappa shape index (κ1) is 23.3. The first-order valence-corrected chi connectivity index (χ1v) is 11.0. The zero-order valence-electron chi connectivity index (χ0n) is 16.8. The summed E-state index contributed by atoms with van der Waals surface area (Å²) < 4.78 is 12.3. The normalized spacial score (nSPS) is 13.4. The van der Waals surface area contributed by atoms with E-state index in [1.165, 1.54) is 16.3 Å². The summed E-state index contributed by atoms with van der Waals surface area (Å²) >= 11 is 0. The maximum absolute atomic E-state index is 12.3. The van der Waals surface area contributed by atoms with Crippen molar-refractivity contribution in [1.82, 2.24) is 10.6 Å². The minimum atomic E-state index is -0.899. The zero-order chi connectivity index (χ0) is 19.8. The lowest BCUT2D eigenvalue weighted by molar-refractivity contribution is 0.676. The van der Waals surface area contributed by atoms with Crippen molar-refractivity contribution < 1.29 is 4.21 Å². The number of aliphatic imine (C=N–C) groups is 1. The van der Waals surface area contributed by atoms with Crippen molar-refractivity contribution in [3.8, 4) is 0 Å². The summed E-state index contributed by atoms with van der Waals surface area (Å²) in [5.41, 5.74) is 2.31. The predicted molar refractivity (Wildman–Crippen MR) is 135 cm³/mol. The highest BCUT2D eigenvalue weighted by atomic mass is 127. The molecule has 0 spiro atoms. The molecule has 2 N–H and O–H groups in total. The molecule has 0 heterocycles. The van der Waals surface area contributed by atoms with Crippen molar-refractivity contribution in [2.75, 3.05) is 19.3 Å². The van der Waals surface area contributed by atoms with Crippen LogP contribution in [0.5, 0.6) is 0 Å². The van der Waals surface area contributed by atoms with Gasteiger partial charge in [-0.25, -0.2) is 0 Å². The molecular weight excluding hydrogens is 493 g/mol. The van der Waals surface area contributed by atoms with E-state index in [1.54, 1.807) is 7.05 Å². The van der Waals surface area contributed by atoms with Gasteiger partial charge >= 0.3 is 0 Å². The molecule has 0 aliphatic rings. The summed E-state index contributed by atoms with van der Waals surface area (Å²) in [6.45, 7) is 2.73. The minimum Gasteiger partial charge on any atom is -0.355 e. The van der Waals surface area contributed by atoms with E-state index < -0.39 is 10.8 Å². The van der Waals surface area contributed by atoms with Gasteiger partial charge in [-0.15, -0.1) is 24.0 Å². The Hall–Kier alpha value is -1.93. The number of hydrogen-bond donors (Lipinski definition) is 2. The Morgan fingerprint density at radius 1 is 1.00 bits per heavy atom. The van der Waals surface area contributed by atoms with E-state index in [2.05, 4.69) is 65.0 Å². The van der Waals surface area contributed by atoms with Gasteiger partial charge in [-0.3, -0.25) is 9.20 Å². The lowest BCUT2D eigenvalue weighted by Crippen LogP contribution is -2.40. The molecule has 0 saturated carbocycles.